The second-order valence-electron chi connectivity index (χ2n) is 4.54. The summed E-state index contributed by atoms with van der Waals surface area (Å²) in [6.07, 6.45) is 3.96. The van der Waals surface area contributed by atoms with Gasteiger partial charge in [0, 0.05) is 25.4 Å². The average Bonchev–Trinajstić information content (AvgIpc) is 2.28. The molecule has 15 heavy (non-hydrogen) atoms. The molecule has 2 rings (SSSR count). The van der Waals surface area contributed by atoms with Crippen molar-refractivity contribution < 1.29 is 0 Å². The van der Waals surface area contributed by atoms with Gasteiger partial charge in [-0.1, -0.05) is 11.8 Å². The Labute approximate surface area is 96.7 Å². The third-order valence-electron chi connectivity index (χ3n) is 3.06. The Morgan fingerprint density at radius 1 is 1.53 bits per heavy atom. The summed E-state index contributed by atoms with van der Waals surface area (Å²) in [5, 5.41) is 4.67. The van der Waals surface area contributed by atoms with Crippen molar-refractivity contribution in [2.24, 2.45) is 10.9 Å². The molecule has 0 bridgehead atoms. The van der Waals surface area contributed by atoms with Gasteiger partial charge in [-0.3, -0.25) is 4.99 Å². The number of hydrogen-bond donors (Lipinski definition) is 1. The summed E-state index contributed by atoms with van der Waals surface area (Å²) in [5.74, 6) is 2.05. The van der Waals surface area contributed by atoms with Crippen LogP contribution in [-0.2, 0) is 0 Å². The van der Waals surface area contributed by atoms with Crippen LogP contribution in [0.3, 0.4) is 0 Å². The predicted molar refractivity (Wildman–Crippen MR) is 67.6 cm³/mol. The lowest BCUT2D eigenvalue weighted by atomic mass is 9.99. The largest absolute Gasteiger partial charge is 0.365 e. The van der Waals surface area contributed by atoms with Crippen molar-refractivity contribution in [1.29, 1.82) is 0 Å². The standard InChI is InChI=1S/C11H21N3S/c1-14-6-2-4-10(9-14)8-13-11-12-5-3-7-15-11/h10H,2-9H2,1H3,(H,12,13). The monoisotopic (exact) mass is 227 g/mol. The molecule has 0 amide bonds. The van der Waals surface area contributed by atoms with E-state index in [4.69, 9.17) is 0 Å². The minimum Gasteiger partial charge on any atom is -0.365 e. The Morgan fingerprint density at radius 3 is 3.20 bits per heavy atom. The number of hydrogen-bond acceptors (Lipinski definition) is 4. The van der Waals surface area contributed by atoms with Gasteiger partial charge in [0.05, 0.1) is 0 Å². The number of piperidine rings is 1. The van der Waals surface area contributed by atoms with Crippen LogP contribution in [0.2, 0.25) is 0 Å². The van der Waals surface area contributed by atoms with Gasteiger partial charge in [0.2, 0.25) is 0 Å². The number of thioether (sulfide) groups is 1. The van der Waals surface area contributed by atoms with E-state index >= 15 is 0 Å². The maximum absolute atomic E-state index is 4.49. The van der Waals surface area contributed by atoms with Crippen LogP contribution >= 0.6 is 11.8 Å². The zero-order valence-electron chi connectivity index (χ0n) is 9.54. The SMILES string of the molecule is CN1CCCC(CNC2=NCCCS2)C1. The minimum atomic E-state index is 0.814. The Morgan fingerprint density at radius 2 is 2.47 bits per heavy atom. The highest BCUT2D eigenvalue weighted by Gasteiger charge is 2.17. The molecule has 1 fully saturated rings. The van der Waals surface area contributed by atoms with Crippen LogP contribution in [0.1, 0.15) is 19.3 Å². The molecule has 1 unspecified atom stereocenters. The van der Waals surface area contributed by atoms with E-state index in [1.807, 2.05) is 11.8 Å². The Kier molecular flexibility index (Phi) is 4.32. The molecule has 0 radical (unpaired) electrons. The highest BCUT2D eigenvalue weighted by molar-refractivity contribution is 8.13. The quantitative estimate of drug-likeness (QED) is 0.773. The van der Waals surface area contributed by atoms with E-state index in [9.17, 15) is 0 Å². The molecule has 0 spiro atoms. The predicted octanol–water partition coefficient (Wildman–Crippen LogP) is 1.41. The average molecular weight is 227 g/mol. The molecule has 2 heterocycles. The molecule has 2 aliphatic heterocycles. The lowest BCUT2D eigenvalue weighted by molar-refractivity contribution is 0.211. The molecular formula is C11H21N3S. The van der Waals surface area contributed by atoms with E-state index in [1.54, 1.807) is 0 Å². The zero-order valence-corrected chi connectivity index (χ0v) is 10.4. The van der Waals surface area contributed by atoms with Crippen molar-refractivity contribution in [2.75, 3.05) is 39.0 Å². The minimum absolute atomic E-state index is 0.814. The fourth-order valence-electron chi connectivity index (χ4n) is 2.24. The van der Waals surface area contributed by atoms with Crippen molar-refractivity contribution in [3.05, 3.63) is 0 Å². The van der Waals surface area contributed by atoms with Crippen molar-refractivity contribution in [1.82, 2.24) is 10.2 Å². The number of amidine groups is 1. The Hall–Kier alpha value is -0.220. The number of rotatable bonds is 2. The molecule has 1 N–H and O–H groups in total. The lowest BCUT2D eigenvalue weighted by Crippen LogP contribution is -2.38. The fraction of sp³-hybridized carbons (Fsp3) is 0.909. The molecule has 2 aliphatic rings. The summed E-state index contributed by atoms with van der Waals surface area (Å²) >= 11 is 1.88. The van der Waals surface area contributed by atoms with Crippen LogP contribution in [0.15, 0.2) is 4.99 Å². The van der Waals surface area contributed by atoms with Crippen LogP contribution in [0, 0.1) is 5.92 Å². The van der Waals surface area contributed by atoms with E-state index in [1.165, 1.54) is 43.3 Å². The van der Waals surface area contributed by atoms with E-state index < -0.39 is 0 Å². The molecule has 0 aliphatic carbocycles. The van der Waals surface area contributed by atoms with Crippen molar-refractivity contribution in [3.8, 4) is 0 Å². The van der Waals surface area contributed by atoms with Crippen LogP contribution in [-0.4, -0.2) is 49.0 Å². The summed E-state index contributed by atoms with van der Waals surface area (Å²) in [4.78, 5) is 6.92. The molecule has 4 heteroatoms. The second kappa shape index (κ2) is 5.75. The summed E-state index contributed by atoms with van der Waals surface area (Å²) in [6.45, 7) is 4.63. The third kappa shape index (κ3) is 3.68. The van der Waals surface area contributed by atoms with Gasteiger partial charge in [0.25, 0.3) is 0 Å². The van der Waals surface area contributed by atoms with Crippen molar-refractivity contribution >= 4 is 16.9 Å². The second-order valence-corrected chi connectivity index (χ2v) is 5.62. The van der Waals surface area contributed by atoms with Gasteiger partial charge in [-0.25, -0.2) is 0 Å². The first-order valence-corrected chi connectivity index (χ1v) is 6.93. The maximum Gasteiger partial charge on any atom is 0.156 e. The van der Waals surface area contributed by atoms with Crippen molar-refractivity contribution in [2.45, 2.75) is 19.3 Å². The number of aliphatic imine (C=N–C) groups is 1. The van der Waals surface area contributed by atoms with E-state index in [2.05, 4.69) is 22.3 Å². The van der Waals surface area contributed by atoms with Crippen LogP contribution in [0.5, 0.6) is 0 Å². The highest BCUT2D eigenvalue weighted by Crippen LogP contribution is 2.15. The van der Waals surface area contributed by atoms with Gasteiger partial charge < -0.3 is 10.2 Å². The maximum atomic E-state index is 4.49. The summed E-state index contributed by atoms with van der Waals surface area (Å²) in [7, 11) is 2.22. The van der Waals surface area contributed by atoms with E-state index in [0.717, 1.165) is 19.0 Å². The third-order valence-corrected chi connectivity index (χ3v) is 4.10. The molecule has 0 aromatic rings. The first kappa shape index (κ1) is 11.3. The topological polar surface area (TPSA) is 27.6 Å². The van der Waals surface area contributed by atoms with Gasteiger partial charge in [-0.2, -0.15) is 0 Å². The molecule has 0 saturated carbocycles. The first-order chi connectivity index (χ1) is 7.34. The normalized spacial score (nSPS) is 28.6. The first-order valence-electron chi connectivity index (χ1n) is 5.94. The van der Waals surface area contributed by atoms with Crippen LogP contribution in [0.4, 0.5) is 0 Å². The smallest absolute Gasteiger partial charge is 0.156 e. The van der Waals surface area contributed by atoms with Crippen LogP contribution < -0.4 is 5.32 Å². The molecule has 3 nitrogen and oxygen atoms in total. The van der Waals surface area contributed by atoms with Crippen LogP contribution in [0.25, 0.3) is 0 Å². The molecule has 86 valence electrons. The van der Waals surface area contributed by atoms with Crippen molar-refractivity contribution in [3.63, 3.8) is 0 Å². The molecular weight excluding hydrogens is 206 g/mol. The van der Waals surface area contributed by atoms with Gasteiger partial charge in [-0.05, 0) is 38.8 Å². The van der Waals surface area contributed by atoms with E-state index in [-0.39, 0.29) is 0 Å². The van der Waals surface area contributed by atoms with E-state index in [0.29, 0.717) is 0 Å². The summed E-state index contributed by atoms with van der Waals surface area (Å²) in [6, 6.07) is 0. The van der Waals surface area contributed by atoms with Gasteiger partial charge in [0.15, 0.2) is 5.17 Å². The van der Waals surface area contributed by atoms with Gasteiger partial charge >= 0.3 is 0 Å². The molecule has 1 atom stereocenters. The zero-order chi connectivity index (χ0) is 10.5. The summed E-state index contributed by atoms with van der Waals surface area (Å²) < 4.78 is 0. The fourth-order valence-corrected chi connectivity index (χ4v) is 3.07. The molecule has 0 aromatic heterocycles. The molecule has 1 saturated heterocycles. The Bertz CT molecular complexity index is 230. The van der Waals surface area contributed by atoms with Gasteiger partial charge in [-0.15, -0.1) is 0 Å². The van der Waals surface area contributed by atoms with Gasteiger partial charge in [0.1, 0.15) is 0 Å². The number of likely N-dealkylation sites (tertiary alicyclic amines) is 1. The number of nitrogens with one attached hydrogen (secondary N) is 1. The molecule has 0 aromatic carbocycles. The lowest BCUT2D eigenvalue weighted by Gasteiger charge is -2.30. The Balaban J connectivity index is 1.70. The highest BCUT2D eigenvalue weighted by atomic mass is 32.2. The summed E-state index contributed by atoms with van der Waals surface area (Å²) in [5.41, 5.74) is 0. The number of nitrogens with zero attached hydrogens (tertiary/aromatic N) is 2.